The second-order valence-corrected chi connectivity index (χ2v) is 8.30. The highest BCUT2D eigenvalue weighted by Crippen LogP contribution is 2.61. The quantitative estimate of drug-likeness (QED) is 0.632. The Balaban J connectivity index is 2.54. The van der Waals surface area contributed by atoms with Crippen LogP contribution in [0.5, 0.6) is 0 Å². The van der Waals surface area contributed by atoms with Gasteiger partial charge in [-0.1, -0.05) is 27.2 Å². The van der Waals surface area contributed by atoms with E-state index in [0.29, 0.717) is 5.57 Å². The molecule has 0 bridgehead atoms. The van der Waals surface area contributed by atoms with Crippen LogP contribution in [-0.2, 0) is 19.1 Å². The highest BCUT2D eigenvalue weighted by Gasteiger charge is 2.63. The number of esters is 2. The van der Waals surface area contributed by atoms with Gasteiger partial charge in [-0.25, -0.2) is 0 Å². The molecule has 0 aromatic rings. The summed E-state index contributed by atoms with van der Waals surface area (Å²) < 4.78 is 10.8. The molecule has 0 radical (unpaired) electrons. The van der Waals surface area contributed by atoms with E-state index in [9.17, 15) is 14.7 Å². The first-order chi connectivity index (χ1) is 10.9. The van der Waals surface area contributed by atoms with Crippen molar-refractivity contribution in [3.63, 3.8) is 0 Å². The minimum Gasteiger partial charge on any atom is -0.462 e. The molecule has 2 aliphatic carbocycles. The number of hydrogen-bond donors (Lipinski definition) is 1. The van der Waals surface area contributed by atoms with Gasteiger partial charge in [0.15, 0.2) is 0 Å². The minimum atomic E-state index is -1.25. The zero-order valence-corrected chi connectivity index (χ0v) is 15.6. The van der Waals surface area contributed by atoms with E-state index in [0.717, 1.165) is 19.3 Å². The van der Waals surface area contributed by atoms with Crippen molar-refractivity contribution < 1.29 is 24.2 Å². The van der Waals surface area contributed by atoms with Gasteiger partial charge in [0.25, 0.3) is 0 Å². The van der Waals surface area contributed by atoms with Crippen LogP contribution in [0.1, 0.15) is 60.8 Å². The summed E-state index contributed by atoms with van der Waals surface area (Å²) >= 11 is 0. The molecule has 5 nitrogen and oxygen atoms in total. The Bertz CT molecular complexity index is 564. The Labute approximate surface area is 144 Å². The van der Waals surface area contributed by atoms with Crippen molar-refractivity contribution in [1.82, 2.24) is 0 Å². The Hall–Kier alpha value is -1.36. The molecule has 1 N–H and O–H groups in total. The molecule has 4 atom stereocenters. The number of rotatable bonds is 3. The minimum absolute atomic E-state index is 0.0492. The molecule has 0 heterocycles. The first-order valence-corrected chi connectivity index (χ1v) is 8.66. The van der Waals surface area contributed by atoms with Gasteiger partial charge in [-0.15, -0.1) is 0 Å². The highest BCUT2D eigenvalue weighted by atomic mass is 16.5. The number of carbonyl (C=O) groups excluding carboxylic acids is 2. The van der Waals surface area contributed by atoms with Gasteiger partial charge in [-0.05, 0) is 36.8 Å². The summed E-state index contributed by atoms with van der Waals surface area (Å²) in [5.41, 5.74) is -1.19. The zero-order valence-electron chi connectivity index (χ0n) is 15.6. The molecule has 2 aliphatic rings. The van der Waals surface area contributed by atoms with E-state index >= 15 is 0 Å². The third-order valence-electron chi connectivity index (χ3n) is 6.17. The molecular weight excluding hydrogens is 308 g/mol. The van der Waals surface area contributed by atoms with Crippen molar-refractivity contribution in [1.29, 1.82) is 0 Å². The van der Waals surface area contributed by atoms with Crippen LogP contribution >= 0.6 is 0 Å². The lowest BCUT2D eigenvalue weighted by Gasteiger charge is -2.61. The Morgan fingerprint density at radius 1 is 1.21 bits per heavy atom. The maximum atomic E-state index is 11.6. The Morgan fingerprint density at radius 3 is 2.38 bits per heavy atom. The van der Waals surface area contributed by atoms with E-state index in [2.05, 4.69) is 13.8 Å². The van der Waals surface area contributed by atoms with Gasteiger partial charge in [0.1, 0.15) is 18.3 Å². The standard InChI is InChI=1S/C19H30O5/c1-12-10-15(24-14(3)21)16-17(4,5)8-7-9-18(16,6)19(12,22)11-23-13(2)20/h10,15-16,22H,7-9,11H2,1-6H3/t15-,16-,18-,19+/m0/s1. The topological polar surface area (TPSA) is 72.8 Å². The molecule has 0 aliphatic heterocycles. The summed E-state index contributed by atoms with van der Waals surface area (Å²) in [4.78, 5) is 22.9. The van der Waals surface area contributed by atoms with E-state index in [1.165, 1.54) is 13.8 Å². The summed E-state index contributed by atoms with van der Waals surface area (Å²) in [6.45, 7) is 10.9. The summed E-state index contributed by atoms with van der Waals surface area (Å²) in [6.07, 6.45) is 4.23. The van der Waals surface area contributed by atoms with Crippen molar-refractivity contribution in [2.24, 2.45) is 16.7 Å². The van der Waals surface area contributed by atoms with Gasteiger partial charge in [-0.3, -0.25) is 9.59 Å². The SMILES string of the molecule is CC(=O)OC[C@@]1(O)C(C)=C[C@H](OC(C)=O)[C@H]2C(C)(C)CCC[C@@]21C. The third-order valence-corrected chi connectivity index (χ3v) is 6.17. The molecule has 24 heavy (non-hydrogen) atoms. The molecule has 136 valence electrons. The zero-order chi connectivity index (χ0) is 18.3. The average Bonchev–Trinajstić information content (AvgIpc) is 2.41. The van der Waals surface area contributed by atoms with Crippen LogP contribution in [0.25, 0.3) is 0 Å². The number of hydrogen-bond acceptors (Lipinski definition) is 5. The first kappa shape index (κ1) is 19.0. The van der Waals surface area contributed by atoms with E-state index in [-0.39, 0.29) is 30.0 Å². The van der Waals surface area contributed by atoms with E-state index in [1.54, 1.807) is 0 Å². The lowest BCUT2D eigenvalue weighted by molar-refractivity contribution is -0.202. The summed E-state index contributed by atoms with van der Waals surface area (Å²) in [5, 5.41) is 11.5. The molecule has 0 saturated heterocycles. The smallest absolute Gasteiger partial charge is 0.303 e. The van der Waals surface area contributed by atoms with Gasteiger partial charge in [0.2, 0.25) is 0 Å². The lowest BCUT2D eigenvalue weighted by Crippen LogP contribution is -2.64. The molecule has 0 amide bonds. The van der Waals surface area contributed by atoms with Gasteiger partial charge in [0, 0.05) is 25.2 Å². The van der Waals surface area contributed by atoms with Gasteiger partial charge >= 0.3 is 11.9 Å². The van der Waals surface area contributed by atoms with Crippen LogP contribution in [0.15, 0.2) is 11.6 Å². The van der Waals surface area contributed by atoms with Gasteiger partial charge in [-0.2, -0.15) is 0 Å². The fourth-order valence-corrected chi connectivity index (χ4v) is 5.07. The van der Waals surface area contributed by atoms with E-state index < -0.39 is 17.0 Å². The summed E-state index contributed by atoms with van der Waals surface area (Å²) in [5.74, 6) is -0.779. The summed E-state index contributed by atoms with van der Waals surface area (Å²) in [6, 6.07) is 0. The highest BCUT2D eigenvalue weighted by molar-refractivity contribution is 5.67. The fraction of sp³-hybridized carbons (Fsp3) is 0.789. The fourth-order valence-electron chi connectivity index (χ4n) is 5.07. The maximum Gasteiger partial charge on any atom is 0.303 e. The van der Waals surface area contributed by atoms with Crippen LogP contribution in [-0.4, -0.2) is 35.4 Å². The van der Waals surface area contributed by atoms with Crippen LogP contribution in [0.2, 0.25) is 0 Å². The normalized spacial score (nSPS) is 37.9. The van der Waals surface area contributed by atoms with Gasteiger partial charge in [0.05, 0.1) is 0 Å². The van der Waals surface area contributed by atoms with E-state index in [1.807, 2.05) is 19.9 Å². The number of ether oxygens (including phenoxy) is 2. The monoisotopic (exact) mass is 338 g/mol. The summed E-state index contributed by atoms with van der Waals surface area (Å²) in [7, 11) is 0. The Kier molecular flexibility index (Phi) is 4.88. The first-order valence-electron chi connectivity index (χ1n) is 8.66. The van der Waals surface area contributed by atoms with Crippen molar-refractivity contribution in [3.05, 3.63) is 11.6 Å². The molecule has 0 spiro atoms. The van der Waals surface area contributed by atoms with E-state index in [4.69, 9.17) is 9.47 Å². The molecule has 0 aromatic heterocycles. The predicted octanol–water partition coefficient (Wildman–Crippen LogP) is 3.00. The molecule has 5 heteroatoms. The number of aliphatic hydroxyl groups is 1. The molecule has 0 unspecified atom stereocenters. The molecule has 1 fully saturated rings. The number of fused-ring (bicyclic) bond motifs is 1. The van der Waals surface area contributed by atoms with Gasteiger partial charge < -0.3 is 14.6 Å². The molecule has 0 aromatic carbocycles. The largest absolute Gasteiger partial charge is 0.462 e. The van der Waals surface area contributed by atoms with Crippen molar-refractivity contribution >= 4 is 11.9 Å². The number of carbonyl (C=O) groups is 2. The van der Waals surface area contributed by atoms with Crippen LogP contribution in [0, 0.1) is 16.7 Å². The molecule has 2 rings (SSSR count). The molecular formula is C19H30O5. The van der Waals surface area contributed by atoms with Crippen LogP contribution < -0.4 is 0 Å². The molecule has 1 saturated carbocycles. The van der Waals surface area contributed by atoms with Crippen molar-refractivity contribution in [2.45, 2.75) is 72.5 Å². The average molecular weight is 338 g/mol. The predicted molar refractivity (Wildman–Crippen MR) is 90.1 cm³/mol. The maximum absolute atomic E-state index is 11.6. The van der Waals surface area contributed by atoms with Crippen LogP contribution in [0.3, 0.4) is 0 Å². The second-order valence-electron chi connectivity index (χ2n) is 8.30. The second kappa shape index (κ2) is 6.17. The van der Waals surface area contributed by atoms with Crippen molar-refractivity contribution in [2.75, 3.05) is 6.61 Å². The lowest BCUT2D eigenvalue weighted by atomic mass is 9.46. The third kappa shape index (κ3) is 2.99. The Morgan fingerprint density at radius 2 is 1.83 bits per heavy atom. The van der Waals surface area contributed by atoms with Crippen molar-refractivity contribution in [3.8, 4) is 0 Å². The van der Waals surface area contributed by atoms with Crippen LogP contribution in [0.4, 0.5) is 0 Å².